The third-order valence-corrected chi connectivity index (χ3v) is 3.88. The molecule has 6 nitrogen and oxygen atoms in total. The van der Waals surface area contributed by atoms with Gasteiger partial charge in [0.15, 0.2) is 18.1 Å². The molecule has 0 aliphatic rings. The molecule has 1 amide bonds. The molecule has 0 radical (unpaired) electrons. The lowest BCUT2D eigenvalue weighted by molar-refractivity contribution is -0.123. The van der Waals surface area contributed by atoms with Gasteiger partial charge < -0.3 is 14.6 Å². The van der Waals surface area contributed by atoms with Gasteiger partial charge in [0.25, 0.3) is 5.91 Å². The lowest BCUT2D eigenvalue weighted by atomic mass is 10.1. The number of rotatable bonds is 6. The number of nitrogens with zero attached hydrogens (tertiary/aromatic N) is 1. The molecule has 7 heteroatoms. The summed E-state index contributed by atoms with van der Waals surface area (Å²) in [5, 5.41) is 13.6. The van der Waals surface area contributed by atoms with Crippen LogP contribution in [0.25, 0.3) is 0 Å². The number of hydrogen-bond acceptors (Lipinski definition) is 5. The van der Waals surface area contributed by atoms with Crippen LogP contribution < -0.4 is 14.9 Å². The molecular formula is C18H19ClN2O4. The lowest BCUT2D eigenvalue weighted by Crippen LogP contribution is -2.24. The van der Waals surface area contributed by atoms with E-state index in [4.69, 9.17) is 21.1 Å². The zero-order valence-corrected chi connectivity index (χ0v) is 14.9. The monoisotopic (exact) mass is 362 g/mol. The SMILES string of the molecule is COc1cc(/C=N/NC(=O)COc2cccc(C)c2C)cc(Cl)c1O. The standard InChI is InChI=1S/C18H19ClN2O4/c1-11-5-4-6-15(12(11)2)25-10-17(22)21-20-9-13-7-14(19)18(23)16(8-13)24-3/h4-9,23H,10H2,1-3H3,(H,21,22)/b20-9+. The first-order valence-electron chi connectivity index (χ1n) is 7.49. The molecule has 0 heterocycles. The highest BCUT2D eigenvalue weighted by Gasteiger charge is 2.08. The lowest BCUT2D eigenvalue weighted by Gasteiger charge is -2.09. The molecule has 0 bridgehead atoms. The number of phenolic OH excluding ortho intramolecular Hbond substituents is 1. The number of methoxy groups -OCH3 is 1. The number of phenols is 1. The van der Waals surface area contributed by atoms with Gasteiger partial charge in [-0.1, -0.05) is 23.7 Å². The van der Waals surface area contributed by atoms with Crippen molar-refractivity contribution in [1.82, 2.24) is 5.43 Å². The van der Waals surface area contributed by atoms with E-state index in [1.165, 1.54) is 19.4 Å². The highest BCUT2D eigenvalue weighted by Crippen LogP contribution is 2.34. The second-order valence-electron chi connectivity index (χ2n) is 5.33. The molecule has 25 heavy (non-hydrogen) atoms. The first kappa shape index (κ1) is 18.6. The summed E-state index contributed by atoms with van der Waals surface area (Å²) in [6.45, 7) is 3.76. The van der Waals surface area contributed by atoms with E-state index in [2.05, 4.69) is 10.5 Å². The van der Waals surface area contributed by atoms with E-state index in [1.807, 2.05) is 32.0 Å². The van der Waals surface area contributed by atoms with Gasteiger partial charge in [0.2, 0.25) is 0 Å². The van der Waals surface area contributed by atoms with E-state index >= 15 is 0 Å². The molecule has 0 saturated carbocycles. The van der Waals surface area contributed by atoms with Crippen LogP contribution in [0.4, 0.5) is 0 Å². The summed E-state index contributed by atoms with van der Waals surface area (Å²) in [4.78, 5) is 11.8. The first-order chi connectivity index (χ1) is 11.9. The average molecular weight is 363 g/mol. The molecule has 0 aliphatic heterocycles. The van der Waals surface area contributed by atoms with E-state index in [0.717, 1.165) is 11.1 Å². The van der Waals surface area contributed by atoms with Gasteiger partial charge in [-0.25, -0.2) is 5.43 Å². The van der Waals surface area contributed by atoms with Gasteiger partial charge in [-0.05, 0) is 48.7 Å². The highest BCUT2D eigenvalue weighted by atomic mass is 35.5. The summed E-state index contributed by atoms with van der Waals surface area (Å²) in [5.74, 6) is 0.342. The van der Waals surface area contributed by atoms with Gasteiger partial charge in [-0.2, -0.15) is 5.10 Å². The molecule has 0 fully saturated rings. The zero-order valence-electron chi connectivity index (χ0n) is 14.2. The van der Waals surface area contributed by atoms with Gasteiger partial charge in [-0.3, -0.25) is 4.79 Å². The Hall–Kier alpha value is -2.73. The fourth-order valence-corrected chi connectivity index (χ4v) is 2.28. The fraction of sp³-hybridized carbons (Fsp3) is 0.222. The number of ether oxygens (including phenoxy) is 2. The van der Waals surface area contributed by atoms with E-state index in [1.54, 1.807) is 6.07 Å². The molecular weight excluding hydrogens is 344 g/mol. The van der Waals surface area contributed by atoms with E-state index in [0.29, 0.717) is 11.3 Å². The van der Waals surface area contributed by atoms with Crippen LogP contribution in [-0.4, -0.2) is 30.9 Å². The number of carbonyl (C=O) groups excluding carboxylic acids is 1. The summed E-state index contributed by atoms with van der Waals surface area (Å²) >= 11 is 5.89. The van der Waals surface area contributed by atoms with Gasteiger partial charge in [0, 0.05) is 0 Å². The number of aryl methyl sites for hydroxylation is 1. The Morgan fingerprint density at radius 2 is 2.08 bits per heavy atom. The Bertz CT molecular complexity index is 806. The van der Waals surface area contributed by atoms with Crippen molar-refractivity contribution >= 4 is 23.7 Å². The largest absolute Gasteiger partial charge is 0.503 e. The van der Waals surface area contributed by atoms with Crippen LogP contribution in [0.5, 0.6) is 17.2 Å². The molecule has 0 saturated heterocycles. The maximum Gasteiger partial charge on any atom is 0.277 e. The van der Waals surface area contributed by atoms with E-state index < -0.39 is 5.91 Å². The summed E-state index contributed by atoms with van der Waals surface area (Å²) in [6, 6.07) is 8.70. The molecule has 0 aromatic heterocycles. The third-order valence-electron chi connectivity index (χ3n) is 3.59. The Kier molecular flexibility index (Phi) is 6.25. The highest BCUT2D eigenvalue weighted by molar-refractivity contribution is 6.32. The Morgan fingerprint density at radius 3 is 2.80 bits per heavy atom. The summed E-state index contributed by atoms with van der Waals surface area (Å²) in [5.41, 5.74) is 5.01. The first-order valence-corrected chi connectivity index (χ1v) is 7.87. The molecule has 132 valence electrons. The van der Waals surface area contributed by atoms with Crippen LogP contribution in [-0.2, 0) is 4.79 Å². The number of amides is 1. The predicted molar refractivity (Wildman–Crippen MR) is 96.8 cm³/mol. The molecule has 2 N–H and O–H groups in total. The van der Waals surface area contributed by atoms with Crippen LogP contribution in [0.1, 0.15) is 16.7 Å². The second-order valence-corrected chi connectivity index (χ2v) is 5.74. The van der Waals surface area contributed by atoms with Crippen LogP contribution in [0.15, 0.2) is 35.4 Å². The molecule has 2 rings (SSSR count). The topological polar surface area (TPSA) is 80.2 Å². The maximum absolute atomic E-state index is 11.8. The minimum absolute atomic E-state index is 0.130. The normalized spacial score (nSPS) is 10.7. The second kappa shape index (κ2) is 8.39. The number of hydrazone groups is 1. The van der Waals surface area contributed by atoms with Gasteiger partial charge in [0.1, 0.15) is 5.75 Å². The Balaban J connectivity index is 1.92. The quantitative estimate of drug-likeness (QED) is 0.611. The van der Waals surface area contributed by atoms with Crippen molar-refractivity contribution in [2.45, 2.75) is 13.8 Å². The smallest absolute Gasteiger partial charge is 0.277 e. The van der Waals surface area contributed by atoms with Crippen molar-refractivity contribution in [3.63, 3.8) is 0 Å². The summed E-state index contributed by atoms with van der Waals surface area (Å²) in [7, 11) is 1.42. The van der Waals surface area contributed by atoms with Crippen LogP contribution in [0.2, 0.25) is 5.02 Å². The van der Waals surface area contributed by atoms with Crippen molar-refractivity contribution in [1.29, 1.82) is 0 Å². The number of nitrogens with one attached hydrogen (secondary N) is 1. The summed E-state index contributed by atoms with van der Waals surface area (Å²) < 4.78 is 10.5. The van der Waals surface area contributed by atoms with Gasteiger partial charge in [-0.15, -0.1) is 0 Å². The Labute approximate surface area is 151 Å². The number of aromatic hydroxyl groups is 1. The molecule has 0 spiro atoms. The van der Waals surface area contributed by atoms with E-state index in [-0.39, 0.29) is 23.1 Å². The van der Waals surface area contributed by atoms with Crippen molar-refractivity contribution in [3.05, 3.63) is 52.0 Å². The van der Waals surface area contributed by atoms with Crippen LogP contribution >= 0.6 is 11.6 Å². The van der Waals surface area contributed by atoms with Gasteiger partial charge >= 0.3 is 0 Å². The molecule has 0 atom stereocenters. The molecule has 2 aromatic rings. The van der Waals surface area contributed by atoms with Crippen molar-refractivity contribution in [2.75, 3.05) is 13.7 Å². The Morgan fingerprint density at radius 1 is 1.32 bits per heavy atom. The predicted octanol–water partition coefficient (Wildman–Crippen LogP) is 3.20. The summed E-state index contributed by atoms with van der Waals surface area (Å²) in [6.07, 6.45) is 1.39. The van der Waals surface area contributed by atoms with Gasteiger partial charge in [0.05, 0.1) is 18.3 Å². The van der Waals surface area contributed by atoms with E-state index in [9.17, 15) is 9.90 Å². The minimum Gasteiger partial charge on any atom is -0.503 e. The zero-order chi connectivity index (χ0) is 18.4. The molecule has 0 unspecified atom stereocenters. The number of halogens is 1. The molecule has 0 aliphatic carbocycles. The number of hydrogen-bond donors (Lipinski definition) is 2. The van der Waals surface area contributed by atoms with Crippen LogP contribution in [0.3, 0.4) is 0 Å². The van der Waals surface area contributed by atoms with Crippen LogP contribution in [0, 0.1) is 13.8 Å². The van der Waals surface area contributed by atoms with Crippen molar-refractivity contribution in [2.24, 2.45) is 5.10 Å². The van der Waals surface area contributed by atoms with Crippen molar-refractivity contribution in [3.8, 4) is 17.2 Å². The third kappa shape index (κ3) is 4.87. The fourth-order valence-electron chi connectivity index (χ4n) is 2.06. The average Bonchev–Trinajstić information content (AvgIpc) is 2.59. The number of benzene rings is 2. The minimum atomic E-state index is -0.394. The molecule has 2 aromatic carbocycles. The number of carbonyl (C=O) groups is 1. The maximum atomic E-state index is 11.8. The van der Waals surface area contributed by atoms with Crippen molar-refractivity contribution < 1.29 is 19.4 Å².